The predicted octanol–water partition coefficient (Wildman–Crippen LogP) is -2.07. The highest BCUT2D eigenvalue weighted by atomic mass is 16.5. The highest BCUT2D eigenvalue weighted by Crippen LogP contribution is 2.20. The average molecular weight is 218 g/mol. The van der Waals surface area contributed by atoms with E-state index >= 15 is 0 Å². The third-order valence-electron chi connectivity index (χ3n) is 2.23. The van der Waals surface area contributed by atoms with Crippen molar-refractivity contribution in [3.63, 3.8) is 0 Å². The minimum absolute atomic E-state index is 0.176. The van der Waals surface area contributed by atoms with Crippen LogP contribution < -0.4 is 0 Å². The summed E-state index contributed by atoms with van der Waals surface area (Å²) in [6.07, 6.45) is -4.33. The molecule has 0 saturated carbocycles. The lowest BCUT2D eigenvalue weighted by molar-refractivity contribution is -0.141. The summed E-state index contributed by atoms with van der Waals surface area (Å²) in [5, 5.41) is 37.2. The molecule has 1 rings (SSSR count). The summed E-state index contributed by atoms with van der Waals surface area (Å²) in [6, 6.07) is 0. The lowest BCUT2D eigenvalue weighted by Gasteiger charge is -2.31. The number of carbonyl (C=O) groups excluding carboxylic acids is 1. The molecule has 6 heteroatoms. The second-order valence-corrected chi connectivity index (χ2v) is 3.44. The van der Waals surface area contributed by atoms with E-state index in [9.17, 15) is 25.2 Å². The smallest absolute Gasteiger partial charge is 0.302 e. The fraction of sp³-hybridized carbons (Fsp3) is 0.667. The Morgan fingerprint density at radius 1 is 1.33 bits per heavy atom. The maximum absolute atomic E-state index is 10.5. The summed E-state index contributed by atoms with van der Waals surface area (Å²) in [4.78, 5) is 10.5. The van der Waals surface area contributed by atoms with Crippen molar-refractivity contribution in [2.24, 2.45) is 0 Å². The van der Waals surface area contributed by atoms with E-state index in [1.807, 2.05) is 0 Å². The van der Waals surface area contributed by atoms with Crippen molar-refractivity contribution in [2.45, 2.75) is 31.3 Å². The molecule has 4 atom stereocenters. The van der Waals surface area contributed by atoms with Gasteiger partial charge in [-0.2, -0.15) is 0 Å². The first kappa shape index (κ1) is 12.1. The Labute approximate surface area is 86.4 Å². The average Bonchev–Trinajstić information content (AvgIpc) is 2.18. The highest BCUT2D eigenvalue weighted by Gasteiger charge is 2.36. The first-order valence-electron chi connectivity index (χ1n) is 4.49. The fourth-order valence-corrected chi connectivity index (χ4v) is 1.34. The molecule has 15 heavy (non-hydrogen) atoms. The van der Waals surface area contributed by atoms with Gasteiger partial charge in [-0.25, -0.2) is 0 Å². The quantitative estimate of drug-likeness (QED) is 0.313. The Balaban J connectivity index is 2.70. The second kappa shape index (κ2) is 4.71. The van der Waals surface area contributed by atoms with Crippen LogP contribution in [-0.4, -0.2) is 57.4 Å². The van der Waals surface area contributed by atoms with Crippen LogP contribution >= 0.6 is 0 Å². The zero-order valence-electron chi connectivity index (χ0n) is 8.20. The molecular formula is C9H14O6. The number of hydrogen-bond donors (Lipinski definition) is 4. The van der Waals surface area contributed by atoms with Crippen molar-refractivity contribution >= 4 is 5.97 Å². The summed E-state index contributed by atoms with van der Waals surface area (Å²) in [5.74, 6) is -0.529. The van der Waals surface area contributed by atoms with Crippen LogP contribution in [0, 0.1) is 0 Å². The first-order valence-corrected chi connectivity index (χ1v) is 4.49. The first-order chi connectivity index (χ1) is 6.93. The van der Waals surface area contributed by atoms with Crippen LogP contribution in [0.5, 0.6) is 0 Å². The van der Waals surface area contributed by atoms with Crippen LogP contribution in [-0.2, 0) is 9.53 Å². The van der Waals surface area contributed by atoms with Gasteiger partial charge in [0.25, 0.3) is 0 Å². The predicted molar refractivity (Wildman–Crippen MR) is 48.7 cm³/mol. The summed E-state index contributed by atoms with van der Waals surface area (Å²) in [6.45, 7) is 0.995. The van der Waals surface area contributed by atoms with Crippen molar-refractivity contribution in [2.75, 3.05) is 6.61 Å². The number of ether oxygens (including phenoxy) is 1. The van der Waals surface area contributed by atoms with E-state index in [0.29, 0.717) is 0 Å². The SMILES string of the molecule is CC(=O)OCC1=C[C@H](O)[C@H](O)C(O)[C@H]1O. The number of aliphatic hydroxyl groups excluding tert-OH is 4. The minimum atomic E-state index is -1.48. The molecule has 0 radical (unpaired) electrons. The molecule has 0 bridgehead atoms. The zero-order chi connectivity index (χ0) is 11.6. The number of carbonyl (C=O) groups is 1. The molecule has 0 fully saturated rings. The van der Waals surface area contributed by atoms with E-state index in [2.05, 4.69) is 4.74 Å². The zero-order valence-corrected chi connectivity index (χ0v) is 8.20. The molecular weight excluding hydrogens is 204 g/mol. The van der Waals surface area contributed by atoms with Gasteiger partial charge in [0.15, 0.2) is 0 Å². The third kappa shape index (κ3) is 2.75. The highest BCUT2D eigenvalue weighted by molar-refractivity contribution is 5.66. The molecule has 0 aromatic rings. The van der Waals surface area contributed by atoms with Crippen LogP contribution in [0.15, 0.2) is 11.6 Å². The lowest BCUT2D eigenvalue weighted by Crippen LogP contribution is -2.49. The monoisotopic (exact) mass is 218 g/mol. The molecule has 1 aliphatic carbocycles. The van der Waals surface area contributed by atoms with E-state index in [1.54, 1.807) is 0 Å². The van der Waals surface area contributed by atoms with Gasteiger partial charge in [0.2, 0.25) is 0 Å². The van der Waals surface area contributed by atoms with Crippen LogP contribution in [0.1, 0.15) is 6.92 Å². The van der Waals surface area contributed by atoms with E-state index in [1.165, 1.54) is 13.0 Å². The van der Waals surface area contributed by atoms with Crippen molar-refractivity contribution in [1.82, 2.24) is 0 Å². The van der Waals surface area contributed by atoms with Gasteiger partial charge in [0.05, 0.1) is 0 Å². The molecule has 0 aromatic carbocycles. The van der Waals surface area contributed by atoms with Crippen LogP contribution in [0.25, 0.3) is 0 Å². The van der Waals surface area contributed by atoms with E-state index in [0.717, 1.165) is 0 Å². The standard InChI is InChI=1S/C9H14O6/c1-4(10)15-3-5-2-6(11)8(13)9(14)7(5)12/h2,6-9,11-14H,3H2,1H3/t6-,7-,8-,9?/m0/s1. The molecule has 0 aliphatic heterocycles. The molecule has 86 valence electrons. The maximum Gasteiger partial charge on any atom is 0.302 e. The molecule has 0 saturated heterocycles. The number of rotatable bonds is 2. The van der Waals surface area contributed by atoms with Gasteiger partial charge in [0, 0.05) is 6.92 Å². The largest absolute Gasteiger partial charge is 0.461 e. The Morgan fingerprint density at radius 3 is 2.47 bits per heavy atom. The Kier molecular flexibility index (Phi) is 3.81. The molecule has 0 heterocycles. The number of aliphatic hydroxyl groups is 4. The topological polar surface area (TPSA) is 107 Å². The van der Waals surface area contributed by atoms with Gasteiger partial charge < -0.3 is 25.2 Å². The molecule has 0 aromatic heterocycles. The Bertz CT molecular complexity index is 274. The summed E-state index contributed by atoms with van der Waals surface area (Å²) >= 11 is 0. The van der Waals surface area contributed by atoms with Gasteiger partial charge in [0.1, 0.15) is 31.0 Å². The third-order valence-corrected chi connectivity index (χ3v) is 2.23. The molecule has 1 aliphatic rings. The van der Waals surface area contributed by atoms with Gasteiger partial charge in [-0.05, 0) is 11.6 Å². The lowest BCUT2D eigenvalue weighted by atomic mass is 9.90. The minimum Gasteiger partial charge on any atom is -0.461 e. The van der Waals surface area contributed by atoms with Crippen molar-refractivity contribution in [3.05, 3.63) is 11.6 Å². The van der Waals surface area contributed by atoms with Crippen molar-refractivity contribution in [1.29, 1.82) is 0 Å². The van der Waals surface area contributed by atoms with E-state index in [4.69, 9.17) is 0 Å². The van der Waals surface area contributed by atoms with Gasteiger partial charge in [-0.15, -0.1) is 0 Å². The van der Waals surface area contributed by atoms with E-state index < -0.39 is 30.4 Å². The van der Waals surface area contributed by atoms with Gasteiger partial charge in [-0.1, -0.05) is 0 Å². The van der Waals surface area contributed by atoms with Crippen LogP contribution in [0.3, 0.4) is 0 Å². The molecule has 6 nitrogen and oxygen atoms in total. The fourth-order valence-electron chi connectivity index (χ4n) is 1.34. The molecule has 0 spiro atoms. The van der Waals surface area contributed by atoms with Gasteiger partial charge >= 0.3 is 5.97 Å². The Morgan fingerprint density at radius 2 is 1.93 bits per heavy atom. The van der Waals surface area contributed by atoms with E-state index in [-0.39, 0.29) is 12.2 Å². The summed E-state index contributed by atoms with van der Waals surface area (Å²) in [7, 11) is 0. The van der Waals surface area contributed by atoms with Crippen molar-refractivity contribution < 1.29 is 30.0 Å². The summed E-state index contributed by atoms with van der Waals surface area (Å²) < 4.78 is 4.61. The number of hydrogen-bond acceptors (Lipinski definition) is 6. The van der Waals surface area contributed by atoms with Crippen molar-refractivity contribution in [3.8, 4) is 0 Å². The molecule has 1 unspecified atom stereocenters. The summed E-state index contributed by atoms with van der Waals surface area (Å²) in [5.41, 5.74) is 0.176. The normalized spacial score (nSPS) is 35.9. The molecule has 4 N–H and O–H groups in total. The maximum atomic E-state index is 10.5. The number of esters is 1. The van der Waals surface area contributed by atoms with Crippen LogP contribution in [0.2, 0.25) is 0 Å². The van der Waals surface area contributed by atoms with Crippen LogP contribution in [0.4, 0.5) is 0 Å². The second-order valence-electron chi connectivity index (χ2n) is 3.44. The van der Waals surface area contributed by atoms with Gasteiger partial charge in [-0.3, -0.25) is 4.79 Å². The Hall–Kier alpha value is -0.950. The molecule has 0 amide bonds.